The van der Waals surface area contributed by atoms with Crippen LogP contribution in [0.25, 0.3) is 0 Å². The molecule has 0 bridgehead atoms. The first kappa shape index (κ1) is 14.9. The predicted molar refractivity (Wildman–Crippen MR) is 76.6 cm³/mol. The second kappa shape index (κ2) is 6.81. The molecule has 1 atom stereocenters. The topological polar surface area (TPSA) is 58.4 Å². The van der Waals surface area contributed by atoms with Gasteiger partial charge in [0.15, 0.2) is 0 Å². The van der Waals surface area contributed by atoms with Crippen molar-refractivity contribution in [3.63, 3.8) is 0 Å². The van der Waals surface area contributed by atoms with Gasteiger partial charge in [-0.3, -0.25) is 9.69 Å². The maximum absolute atomic E-state index is 13.1. The summed E-state index contributed by atoms with van der Waals surface area (Å²) >= 11 is 0. The van der Waals surface area contributed by atoms with Crippen molar-refractivity contribution in [1.29, 1.82) is 0 Å². The molecule has 1 aliphatic heterocycles. The number of piperidine rings is 1. The highest BCUT2D eigenvalue weighted by atomic mass is 19.1. The number of hydrogen-bond acceptors (Lipinski definition) is 3. The molecule has 1 amide bonds. The molecule has 0 aromatic heterocycles. The molecule has 1 aliphatic rings. The molecule has 4 nitrogen and oxygen atoms in total. The minimum Gasteiger partial charge on any atom is -0.351 e. The number of nitrogens with zero attached hydrogens (tertiary/aromatic N) is 1. The second-order valence-electron chi connectivity index (χ2n) is 5.50. The fraction of sp³-hybridized carbons (Fsp3) is 0.533. The van der Waals surface area contributed by atoms with E-state index in [-0.39, 0.29) is 17.8 Å². The molecule has 3 N–H and O–H groups in total. The number of carbonyl (C=O) groups is 1. The minimum absolute atomic E-state index is 0.0129. The van der Waals surface area contributed by atoms with Gasteiger partial charge in [0.25, 0.3) is 0 Å². The van der Waals surface area contributed by atoms with E-state index in [1.54, 1.807) is 19.1 Å². The Morgan fingerprint density at radius 2 is 2.35 bits per heavy atom. The molecular weight excluding hydrogens is 257 g/mol. The number of benzene rings is 1. The molecule has 0 aliphatic carbocycles. The van der Waals surface area contributed by atoms with E-state index in [1.165, 1.54) is 6.07 Å². The standard InChI is InChI=1S/C15H22FN3O/c1-11-7-12(4-5-14(11)16)8-18-15(20)10-19-6-2-3-13(17)9-19/h4-5,7,13H,2-3,6,8-10,17H2,1H3,(H,18,20)/t13-/m1/s1. The smallest absolute Gasteiger partial charge is 0.234 e. The third-order valence-corrected chi connectivity index (χ3v) is 3.62. The van der Waals surface area contributed by atoms with Crippen LogP contribution in [0.2, 0.25) is 0 Å². The lowest BCUT2D eigenvalue weighted by Gasteiger charge is -2.29. The van der Waals surface area contributed by atoms with Crippen molar-refractivity contribution in [3.05, 3.63) is 35.1 Å². The molecule has 1 saturated heterocycles. The summed E-state index contributed by atoms with van der Waals surface area (Å²) in [4.78, 5) is 14.0. The quantitative estimate of drug-likeness (QED) is 0.870. The number of nitrogens with one attached hydrogen (secondary N) is 1. The molecule has 5 heteroatoms. The van der Waals surface area contributed by atoms with Crippen LogP contribution < -0.4 is 11.1 Å². The van der Waals surface area contributed by atoms with E-state index in [1.807, 2.05) is 0 Å². The van der Waals surface area contributed by atoms with E-state index in [9.17, 15) is 9.18 Å². The summed E-state index contributed by atoms with van der Waals surface area (Å²) in [5.74, 6) is -0.233. The molecule has 20 heavy (non-hydrogen) atoms. The lowest BCUT2D eigenvalue weighted by atomic mass is 10.1. The van der Waals surface area contributed by atoms with Gasteiger partial charge in [0, 0.05) is 19.1 Å². The van der Waals surface area contributed by atoms with Gasteiger partial charge in [0.2, 0.25) is 5.91 Å². The summed E-state index contributed by atoms with van der Waals surface area (Å²) in [6, 6.07) is 5.06. The Morgan fingerprint density at radius 3 is 3.05 bits per heavy atom. The first-order chi connectivity index (χ1) is 9.54. The van der Waals surface area contributed by atoms with Crippen molar-refractivity contribution >= 4 is 5.91 Å². The van der Waals surface area contributed by atoms with Gasteiger partial charge in [-0.25, -0.2) is 4.39 Å². The summed E-state index contributed by atoms with van der Waals surface area (Å²) in [7, 11) is 0. The minimum atomic E-state index is -0.220. The van der Waals surface area contributed by atoms with Crippen molar-refractivity contribution in [2.75, 3.05) is 19.6 Å². The first-order valence-electron chi connectivity index (χ1n) is 7.04. The Labute approximate surface area is 119 Å². The number of aryl methyl sites for hydroxylation is 1. The van der Waals surface area contributed by atoms with E-state index in [4.69, 9.17) is 5.73 Å². The molecule has 0 unspecified atom stereocenters. The van der Waals surface area contributed by atoms with Gasteiger partial charge in [0.1, 0.15) is 5.82 Å². The Kier molecular flexibility index (Phi) is 5.09. The van der Waals surface area contributed by atoms with Gasteiger partial charge < -0.3 is 11.1 Å². The first-order valence-corrected chi connectivity index (χ1v) is 7.04. The average molecular weight is 279 g/mol. The third kappa shape index (κ3) is 4.28. The number of halogens is 1. The summed E-state index contributed by atoms with van der Waals surface area (Å²) in [6.07, 6.45) is 2.08. The molecule has 0 spiro atoms. The van der Waals surface area contributed by atoms with Gasteiger partial charge in [-0.05, 0) is 43.5 Å². The van der Waals surface area contributed by atoms with E-state index in [0.717, 1.165) is 31.5 Å². The van der Waals surface area contributed by atoms with Crippen molar-refractivity contribution in [1.82, 2.24) is 10.2 Å². The van der Waals surface area contributed by atoms with Gasteiger partial charge in [0.05, 0.1) is 6.54 Å². The zero-order valence-electron chi connectivity index (χ0n) is 11.9. The summed E-state index contributed by atoms with van der Waals surface area (Å²) in [6.45, 7) is 4.24. The highest BCUT2D eigenvalue weighted by Crippen LogP contribution is 2.09. The second-order valence-corrected chi connectivity index (χ2v) is 5.50. The highest BCUT2D eigenvalue weighted by molar-refractivity contribution is 5.78. The van der Waals surface area contributed by atoms with Gasteiger partial charge in [-0.1, -0.05) is 12.1 Å². The van der Waals surface area contributed by atoms with Crippen LogP contribution in [0.15, 0.2) is 18.2 Å². The average Bonchev–Trinajstić information content (AvgIpc) is 2.40. The lowest BCUT2D eigenvalue weighted by Crippen LogP contribution is -2.46. The maximum atomic E-state index is 13.1. The molecule has 1 aromatic carbocycles. The predicted octanol–water partition coefficient (Wildman–Crippen LogP) is 1.17. The molecule has 2 rings (SSSR count). The van der Waals surface area contributed by atoms with Crippen LogP contribution in [0.4, 0.5) is 4.39 Å². The lowest BCUT2D eigenvalue weighted by molar-refractivity contribution is -0.122. The largest absolute Gasteiger partial charge is 0.351 e. The number of rotatable bonds is 4. The maximum Gasteiger partial charge on any atom is 0.234 e. The van der Waals surface area contributed by atoms with Crippen molar-refractivity contribution in [3.8, 4) is 0 Å². The third-order valence-electron chi connectivity index (χ3n) is 3.62. The zero-order chi connectivity index (χ0) is 14.5. The normalized spacial score (nSPS) is 19.9. The number of amides is 1. The molecular formula is C15H22FN3O. The molecule has 0 radical (unpaired) electrons. The Morgan fingerprint density at radius 1 is 1.55 bits per heavy atom. The summed E-state index contributed by atoms with van der Waals surface area (Å²) in [5, 5.41) is 2.86. The summed E-state index contributed by atoms with van der Waals surface area (Å²) < 4.78 is 13.1. The van der Waals surface area contributed by atoms with E-state index in [0.29, 0.717) is 18.7 Å². The Balaban J connectivity index is 1.78. The fourth-order valence-electron chi connectivity index (χ4n) is 2.51. The van der Waals surface area contributed by atoms with Gasteiger partial charge in [-0.15, -0.1) is 0 Å². The number of nitrogens with two attached hydrogens (primary N) is 1. The van der Waals surface area contributed by atoms with Crippen molar-refractivity contribution in [2.45, 2.75) is 32.4 Å². The van der Waals surface area contributed by atoms with Crippen LogP contribution in [0.5, 0.6) is 0 Å². The molecule has 110 valence electrons. The van der Waals surface area contributed by atoms with Crippen LogP contribution in [0.1, 0.15) is 24.0 Å². The fourth-order valence-corrected chi connectivity index (χ4v) is 2.51. The molecule has 1 heterocycles. The van der Waals surface area contributed by atoms with Crippen LogP contribution in [-0.4, -0.2) is 36.5 Å². The van der Waals surface area contributed by atoms with E-state index in [2.05, 4.69) is 10.2 Å². The van der Waals surface area contributed by atoms with Gasteiger partial charge in [-0.2, -0.15) is 0 Å². The van der Waals surface area contributed by atoms with Crippen LogP contribution >= 0.6 is 0 Å². The SMILES string of the molecule is Cc1cc(CNC(=O)CN2CCC[C@@H](N)C2)ccc1F. The monoisotopic (exact) mass is 279 g/mol. The zero-order valence-corrected chi connectivity index (χ0v) is 11.9. The van der Waals surface area contributed by atoms with Crippen LogP contribution in [-0.2, 0) is 11.3 Å². The Hall–Kier alpha value is -1.46. The number of hydrogen-bond donors (Lipinski definition) is 2. The van der Waals surface area contributed by atoms with Crippen molar-refractivity contribution < 1.29 is 9.18 Å². The van der Waals surface area contributed by atoms with Crippen LogP contribution in [0, 0.1) is 12.7 Å². The molecule has 0 saturated carbocycles. The van der Waals surface area contributed by atoms with Gasteiger partial charge >= 0.3 is 0 Å². The van der Waals surface area contributed by atoms with E-state index >= 15 is 0 Å². The Bertz CT molecular complexity index is 478. The number of likely N-dealkylation sites (tertiary alicyclic amines) is 1. The highest BCUT2D eigenvalue weighted by Gasteiger charge is 2.18. The van der Waals surface area contributed by atoms with E-state index < -0.39 is 0 Å². The molecule has 1 fully saturated rings. The summed E-state index contributed by atoms with van der Waals surface area (Å²) in [5.41, 5.74) is 7.39. The van der Waals surface area contributed by atoms with Crippen LogP contribution in [0.3, 0.4) is 0 Å². The van der Waals surface area contributed by atoms with Crippen molar-refractivity contribution in [2.24, 2.45) is 5.73 Å². The molecule has 1 aromatic rings. The number of carbonyl (C=O) groups excluding carboxylic acids is 1.